The quantitative estimate of drug-likeness (QED) is 0.825. The van der Waals surface area contributed by atoms with E-state index in [1.54, 1.807) is 12.3 Å². The minimum Gasteiger partial charge on any atom is -0.367 e. The number of anilines is 1. The van der Waals surface area contributed by atoms with Gasteiger partial charge in [-0.05, 0) is 37.4 Å². The predicted octanol–water partition coefficient (Wildman–Crippen LogP) is 1.26. The zero-order chi connectivity index (χ0) is 15.5. The fourth-order valence-corrected chi connectivity index (χ4v) is 3.47. The average Bonchev–Trinajstić information content (AvgIpc) is 2.82. The second kappa shape index (κ2) is 6.72. The first-order chi connectivity index (χ1) is 9.88. The molecule has 1 aromatic heterocycles. The largest absolute Gasteiger partial charge is 0.367 e. The number of likely N-dealkylation sites (tertiary alicyclic amines) is 1. The molecule has 0 bridgehead atoms. The first-order valence-electron chi connectivity index (χ1n) is 7.33. The summed E-state index contributed by atoms with van der Waals surface area (Å²) in [7, 11) is -3.75. The van der Waals surface area contributed by atoms with Gasteiger partial charge in [0.25, 0.3) is 0 Å². The molecule has 1 aromatic rings. The third-order valence-corrected chi connectivity index (χ3v) is 4.62. The third kappa shape index (κ3) is 4.39. The molecule has 2 rings (SSSR count). The monoisotopic (exact) mass is 312 g/mol. The molecule has 1 fully saturated rings. The van der Waals surface area contributed by atoms with Gasteiger partial charge in [0.15, 0.2) is 0 Å². The SMILES string of the molecule is CC(C)CN1CCC[C@@H]1CNc1ncccc1S(N)(=O)=O. The van der Waals surface area contributed by atoms with Crippen LogP contribution in [0.3, 0.4) is 0 Å². The Hall–Kier alpha value is -1.18. The molecule has 0 amide bonds. The Balaban J connectivity index is 2.03. The van der Waals surface area contributed by atoms with Gasteiger partial charge in [-0.25, -0.2) is 18.5 Å². The van der Waals surface area contributed by atoms with Crippen molar-refractivity contribution < 1.29 is 8.42 Å². The number of nitrogens with zero attached hydrogens (tertiary/aromatic N) is 2. The standard InChI is InChI=1S/C14H24N4O2S/c1-11(2)10-18-8-4-5-12(18)9-17-14-13(21(15,19)20)6-3-7-16-14/h3,6-7,11-12H,4-5,8-10H2,1-2H3,(H,16,17)(H2,15,19,20)/t12-/m1/s1. The van der Waals surface area contributed by atoms with Crippen molar-refractivity contribution in [2.45, 2.75) is 37.6 Å². The van der Waals surface area contributed by atoms with E-state index < -0.39 is 10.0 Å². The lowest BCUT2D eigenvalue weighted by atomic mass is 10.1. The summed E-state index contributed by atoms with van der Waals surface area (Å²) >= 11 is 0. The molecule has 1 aliphatic heterocycles. The maximum atomic E-state index is 11.5. The van der Waals surface area contributed by atoms with Crippen molar-refractivity contribution in [3.05, 3.63) is 18.3 Å². The smallest absolute Gasteiger partial charge is 0.241 e. The lowest BCUT2D eigenvalue weighted by Gasteiger charge is -2.26. The normalized spacial score (nSPS) is 20.1. The summed E-state index contributed by atoms with van der Waals surface area (Å²) in [5.74, 6) is 0.969. The lowest BCUT2D eigenvalue weighted by molar-refractivity contribution is 0.234. The maximum Gasteiger partial charge on any atom is 0.241 e. The van der Waals surface area contributed by atoms with Crippen LogP contribution in [0.4, 0.5) is 5.82 Å². The Bertz CT molecular complexity index is 574. The van der Waals surface area contributed by atoms with Crippen LogP contribution >= 0.6 is 0 Å². The molecule has 0 radical (unpaired) electrons. The maximum absolute atomic E-state index is 11.5. The third-order valence-electron chi connectivity index (χ3n) is 3.68. The Morgan fingerprint density at radius 1 is 1.52 bits per heavy atom. The van der Waals surface area contributed by atoms with E-state index in [2.05, 4.69) is 29.0 Å². The number of pyridine rings is 1. The molecule has 7 heteroatoms. The van der Waals surface area contributed by atoms with E-state index in [1.807, 2.05) is 0 Å². The summed E-state index contributed by atoms with van der Waals surface area (Å²) in [5.41, 5.74) is 0. The molecule has 0 saturated carbocycles. The van der Waals surface area contributed by atoms with Crippen molar-refractivity contribution in [2.75, 3.05) is 25.0 Å². The number of nitrogens with two attached hydrogens (primary N) is 1. The van der Waals surface area contributed by atoms with Crippen molar-refractivity contribution in [2.24, 2.45) is 11.1 Å². The zero-order valence-electron chi connectivity index (χ0n) is 12.6. The van der Waals surface area contributed by atoms with Gasteiger partial charge in [-0.3, -0.25) is 4.90 Å². The highest BCUT2D eigenvalue weighted by molar-refractivity contribution is 7.89. The van der Waals surface area contributed by atoms with Gasteiger partial charge in [-0.1, -0.05) is 13.8 Å². The highest BCUT2D eigenvalue weighted by Crippen LogP contribution is 2.21. The minimum atomic E-state index is -3.75. The summed E-state index contributed by atoms with van der Waals surface area (Å²) in [6.45, 7) is 7.28. The van der Waals surface area contributed by atoms with E-state index in [0.29, 0.717) is 24.3 Å². The van der Waals surface area contributed by atoms with Gasteiger partial charge in [0.05, 0.1) is 0 Å². The predicted molar refractivity (Wildman–Crippen MR) is 83.5 cm³/mol. The van der Waals surface area contributed by atoms with Crippen LogP contribution in [0.15, 0.2) is 23.2 Å². The Morgan fingerprint density at radius 2 is 2.29 bits per heavy atom. The molecule has 1 atom stereocenters. The summed E-state index contributed by atoms with van der Waals surface area (Å²) in [6.07, 6.45) is 3.87. The zero-order valence-corrected chi connectivity index (χ0v) is 13.4. The van der Waals surface area contributed by atoms with Crippen LogP contribution < -0.4 is 10.5 Å². The van der Waals surface area contributed by atoms with Gasteiger partial charge in [0.2, 0.25) is 10.0 Å². The fourth-order valence-electron chi connectivity index (χ4n) is 2.80. The first kappa shape index (κ1) is 16.2. The number of hydrogen-bond donors (Lipinski definition) is 2. The van der Waals surface area contributed by atoms with E-state index >= 15 is 0 Å². The molecule has 0 spiro atoms. The number of nitrogens with one attached hydrogen (secondary N) is 1. The van der Waals surface area contributed by atoms with Crippen molar-refractivity contribution >= 4 is 15.8 Å². The molecular formula is C14H24N4O2S. The van der Waals surface area contributed by atoms with Crippen molar-refractivity contribution in [1.82, 2.24) is 9.88 Å². The molecule has 3 N–H and O–H groups in total. The molecule has 0 unspecified atom stereocenters. The number of primary sulfonamides is 1. The highest BCUT2D eigenvalue weighted by atomic mass is 32.2. The van der Waals surface area contributed by atoms with Crippen molar-refractivity contribution in [3.63, 3.8) is 0 Å². The molecule has 0 aliphatic carbocycles. The molecule has 6 nitrogen and oxygen atoms in total. The van der Waals surface area contributed by atoms with Crippen LogP contribution in [0.2, 0.25) is 0 Å². The van der Waals surface area contributed by atoms with Gasteiger partial charge in [0.1, 0.15) is 10.7 Å². The second-order valence-corrected chi connectivity index (χ2v) is 7.49. The topological polar surface area (TPSA) is 88.3 Å². The average molecular weight is 312 g/mol. The number of hydrogen-bond acceptors (Lipinski definition) is 5. The lowest BCUT2D eigenvalue weighted by Crippen LogP contribution is -2.37. The van der Waals surface area contributed by atoms with Crippen LogP contribution in [0.1, 0.15) is 26.7 Å². The second-order valence-electron chi connectivity index (χ2n) is 5.96. The Kier molecular flexibility index (Phi) is 5.18. The highest BCUT2D eigenvalue weighted by Gasteiger charge is 2.25. The Labute approximate surface area is 126 Å². The summed E-state index contributed by atoms with van der Waals surface area (Å²) in [6, 6.07) is 3.47. The number of aromatic nitrogens is 1. The Morgan fingerprint density at radius 3 is 2.95 bits per heavy atom. The van der Waals surface area contributed by atoms with Gasteiger partial charge in [0, 0.05) is 25.3 Å². The van der Waals surface area contributed by atoms with Crippen molar-refractivity contribution in [3.8, 4) is 0 Å². The van der Waals surface area contributed by atoms with Crippen LogP contribution in [-0.4, -0.2) is 44.0 Å². The molecule has 118 valence electrons. The summed E-state index contributed by atoms with van der Waals surface area (Å²) < 4.78 is 23.1. The van der Waals surface area contributed by atoms with Crippen LogP contribution in [0.5, 0.6) is 0 Å². The number of rotatable bonds is 6. The van der Waals surface area contributed by atoms with Crippen molar-refractivity contribution in [1.29, 1.82) is 0 Å². The molecule has 1 saturated heterocycles. The first-order valence-corrected chi connectivity index (χ1v) is 8.88. The van der Waals surface area contributed by atoms with E-state index in [0.717, 1.165) is 19.5 Å². The molecule has 2 heterocycles. The van der Waals surface area contributed by atoms with Gasteiger partial charge >= 0.3 is 0 Å². The van der Waals surface area contributed by atoms with E-state index in [9.17, 15) is 8.42 Å². The van der Waals surface area contributed by atoms with E-state index in [-0.39, 0.29) is 4.90 Å². The van der Waals surface area contributed by atoms with Crippen LogP contribution in [0.25, 0.3) is 0 Å². The molecule has 0 aromatic carbocycles. The number of sulfonamides is 1. The molecular weight excluding hydrogens is 288 g/mol. The minimum absolute atomic E-state index is 0.0541. The van der Waals surface area contributed by atoms with E-state index in [4.69, 9.17) is 5.14 Å². The molecule has 21 heavy (non-hydrogen) atoms. The van der Waals surface area contributed by atoms with Gasteiger partial charge in [-0.2, -0.15) is 0 Å². The summed E-state index contributed by atoms with van der Waals surface area (Å²) in [5, 5.41) is 8.37. The van der Waals surface area contributed by atoms with Gasteiger partial charge in [-0.15, -0.1) is 0 Å². The van der Waals surface area contributed by atoms with Gasteiger partial charge < -0.3 is 5.32 Å². The fraction of sp³-hybridized carbons (Fsp3) is 0.643. The molecule has 1 aliphatic rings. The van der Waals surface area contributed by atoms with E-state index in [1.165, 1.54) is 12.5 Å². The van der Waals surface area contributed by atoms with Crippen LogP contribution in [-0.2, 0) is 10.0 Å². The summed E-state index contributed by atoms with van der Waals surface area (Å²) in [4.78, 5) is 6.61. The van der Waals surface area contributed by atoms with Crippen LogP contribution in [0, 0.1) is 5.92 Å².